The second-order valence-electron chi connectivity index (χ2n) is 4.22. The third-order valence-corrected chi connectivity index (χ3v) is 2.84. The molecule has 0 saturated carbocycles. The Morgan fingerprint density at radius 2 is 2.19 bits per heavy atom. The lowest BCUT2D eigenvalue weighted by atomic mass is 10.2. The van der Waals surface area contributed by atoms with E-state index in [1.165, 1.54) is 12.3 Å². The third kappa shape index (κ3) is 2.27. The smallest absolute Gasteiger partial charge is 0.339 e. The summed E-state index contributed by atoms with van der Waals surface area (Å²) in [7, 11) is 0. The average Bonchev–Trinajstić information content (AvgIpc) is 2.83. The van der Waals surface area contributed by atoms with Crippen molar-refractivity contribution in [2.75, 3.05) is 0 Å². The zero-order valence-electron chi connectivity index (χ0n) is 10.8. The van der Waals surface area contributed by atoms with Crippen LogP contribution in [0.4, 0.5) is 4.39 Å². The molecule has 1 N–H and O–H groups in total. The van der Waals surface area contributed by atoms with Crippen molar-refractivity contribution in [1.29, 1.82) is 0 Å². The summed E-state index contributed by atoms with van der Waals surface area (Å²) < 4.78 is 20.3. The number of hydrogen-bond donors (Lipinski definition) is 1. The van der Waals surface area contributed by atoms with Crippen molar-refractivity contribution in [2.45, 2.75) is 6.92 Å². The van der Waals surface area contributed by atoms with Gasteiger partial charge in [0.05, 0.1) is 0 Å². The molecule has 0 bridgehead atoms. The fraction of sp³-hybridized carbons (Fsp3) is 0.0769. The molecule has 0 aliphatic carbocycles. The van der Waals surface area contributed by atoms with Gasteiger partial charge in [-0.2, -0.15) is 0 Å². The molecule has 7 nitrogen and oxygen atoms in total. The van der Waals surface area contributed by atoms with Gasteiger partial charge in [-0.1, -0.05) is 0 Å². The van der Waals surface area contributed by atoms with Crippen molar-refractivity contribution >= 4 is 11.6 Å². The van der Waals surface area contributed by atoms with Gasteiger partial charge in [-0.25, -0.2) is 14.2 Å². The second kappa shape index (κ2) is 4.82. The van der Waals surface area contributed by atoms with E-state index in [1.54, 1.807) is 17.5 Å². The van der Waals surface area contributed by atoms with Gasteiger partial charge in [0, 0.05) is 12.4 Å². The number of rotatable bonds is 3. The first kappa shape index (κ1) is 13.0. The molecule has 2 heterocycles. The number of carboxylic acids is 1. The van der Waals surface area contributed by atoms with E-state index in [2.05, 4.69) is 15.2 Å². The largest absolute Gasteiger partial charge is 0.478 e. The van der Waals surface area contributed by atoms with Gasteiger partial charge >= 0.3 is 5.97 Å². The van der Waals surface area contributed by atoms with Crippen LogP contribution in [0.1, 0.15) is 16.2 Å². The molecule has 2 aromatic heterocycles. The molecule has 0 amide bonds. The Hall–Kier alpha value is -3.03. The first-order chi connectivity index (χ1) is 10.1. The molecule has 0 saturated heterocycles. The SMILES string of the molecule is Cc1nnc2c(Oc3ccc(F)cc3C(=O)O)nccn12. The molecule has 21 heavy (non-hydrogen) atoms. The third-order valence-electron chi connectivity index (χ3n) is 2.84. The summed E-state index contributed by atoms with van der Waals surface area (Å²) >= 11 is 0. The number of carboxylic acid groups (broad SMARTS) is 1. The Kier molecular flexibility index (Phi) is 2.98. The molecule has 106 valence electrons. The minimum Gasteiger partial charge on any atom is -0.478 e. The van der Waals surface area contributed by atoms with Crippen LogP contribution in [-0.2, 0) is 0 Å². The predicted molar refractivity (Wildman–Crippen MR) is 69.0 cm³/mol. The summed E-state index contributed by atoms with van der Waals surface area (Å²) in [4.78, 5) is 15.1. The van der Waals surface area contributed by atoms with Gasteiger partial charge in [-0.05, 0) is 25.1 Å². The maximum absolute atomic E-state index is 13.1. The van der Waals surface area contributed by atoms with Crippen LogP contribution in [0.15, 0.2) is 30.6 Å². The Morgan fingerprint density at radius 3 is 2.95 bits per heavy atom. The van der Waals surface area contributed by atoms with Crippen molar-refractivity contribution in [1.82, 2.24) is 19.6 Å². The van der Waals surface area contributed by atoms with E-state index in [1.807, 2.05) is 0 Å². The van der Waals surface area contributed by atoms with Crippen LogP contribution in [0.2, 0.25) is 0 Å². The van der Waals surface area contributed by atoms with Gasteiger partial charge < -0.3 is 9.84 Å². The van der Waals surface area contributed by atoms with Gasteiger partial charge in [-0.15, -0.1) is 10.2 Å². The Balaban J connectivity index is 2.09. The Morgan fingerprint density at radius 1 is 1.38 bits per heavy atom. The molecule has 3 rings (SSSR count). The van der Waals surface area contributed by atoms with Crippen LogP contribution in [0.5, 0.6) is 11.6 Å². The molecule has 0 aliphatic heterocycles. The average molecular weight is 288 g/mol. The van der Waals surface area contributed by atoms with Crippen LogP contribution in [0.25, 0.3) is 5.65 Å². The van der Waals surface area contributed by atoms with Gasteiger partial charge in [0.1, 0.15) is 23.0 Å². The van der Waals surface area contributed by atoms with E-state index < -0.39 is 11.8 Å². The summed E-state index contributed by atoms with van der Waals surface area (Å²) in [6.07, 6.45) is 3.13. The standard InChI is InChI=1S/C13H9FN4O3/c1-7-16-17-11-12(15-4-5-18(7)11)21-10-3-2-8(14)6-9(10)13(19)20/h2-6H,1H3,(H,19,20). The molecular weight excluding hydrogens is 279 g/mol. The molecule has 0 radical (unpaired) electrons. The lowest BCUT2D eigenvalue weighted by molar-refractivity contribution is 0.0693. The van der Waals surface area contributed by atoms with Crippen molar-refractivity contribution in [2.24, 2.45) is 0 Å². The highest BCUT2D eigenvalue weighted by atomic mass is 19.1. The summed E-state index contributed by atoms with van der Waals surface area (Å²) in [5.74, 6) is -1.26. The number of nitrogens with zero attached hydrogens (tertiary/aromatic N) is 4. The Labute approximate surface area is 117 Å². The number of hydrogen-bond acceptors (Lipinski definition) is 5. The monoisotopic (exact) mass is 288 g/mol. The maximum Gasteiger partial charge on any atom is 0.339 e. The lowest BCUT2D eigenvalue weighted by Crippen LogP contribution is -2.02. The minimum absolute atomic E-state index is 0.0230. The summed E-state index contributed by atoms with van der Waals surface area (Å²) in [5.41, 5.74) is 0.0469. The second-order valence-corrected chi connectivity index (χ2v) is 4.22. The summed E-state index contributed by atoms with van der Waals surface area (Å²) in [6.45, 7) is 1.75. The summed E-state index contributed by atoms with van der Waals surface area (Å²) in [5, 5.41) is 16.9. The molecule has 3 aromatic rings. The van der Waals surface area contributed by atoms with Crippen LogP contribution >= 0.6 is 0 Å². The number of aromatic carboxylic acids is 1. The van der Waals surface area contributed by atoms with E-state index in [9.17, 15) is 9.18 Å². The molecule has 0 fully saturated rings. The first-order valence-corrected chi connectivity index (χ1v) is 5.93. The van der Waals surface area contributed by atoms with Crippen LogP contribution in [0.3, 0.4) is 0 Å². The van der Waals surface area contributed by atoms with Gasteiger partial charge in [0.15, 0.2) is 0 Å². The van der Waals surface area contributed by atoms with Gasteiger partial charge in [0.25, 0.3) is 5.88 Å². The molecule has 0 atom stereocenters. The number of benzene rings is 1. The van der Waals surface area contributed by atoms with E-state index in [-0.39, 0.29) is 17.2 Å². The van der Waals surface area contributed by atoms with Crippen molar-refractivity contribution in [3.05, 3.63) is 47.8 Å². The topological polar surface area (TPSA) is 89.6 Å². The lowest BCUT2D eigenvalue weighted by Gasteiger charge is -2.08. The highest BCUT2D eigenvalue weighted by Crippen LogP contribution is 2.27. The van der Waals surface area contributed by atoms with Crippen molar-refractivity contribution in [3.8, 4) is 11.6 Å². The van der Waals surface area contributed by atoms with Gasteiger partial charge in [0.2, 0.25) is 5.65 Å². The zero-order valence-corrected chi connectivity index (χ0v) is 10.8. The zero-order chi connectivity index (χ0) is 15.0. The number of carbonyl (C=O) groups is 1. The minimum atomic E-state index is -1.30. The first-order valence-electron chi connectivity index (χ1n) is 5.93. The quantitative estimate of drug-likeness (QED) is 0.793. The molecule has 8 heteroatoms. The van der Waals surface area contributed by atoms with Crippen molar-refractivity contribution in [3.63, 3.8) is 0 Å². The summed E-state index contributed by atoms with van der Waals surface area (Å²) in [6, 6.07) is 3.22. The molecule has 1 aromatic carbocycles. The molecule has 0 unspecified atom stereocenters. The van der Waals surface area contributed by atoms with E-state index in [0.717, 1.165) is 12.1 Å². The number of halogens is 1. The predicted octanol–water partition coefficient (Wildman–Crippen LogP) is 2.06. The van der Waals surface area contributed by atoms with Gasteiger partial charge in [-0.3, -0.25) is 4.40 Å². The van der Waals surface area contributed by atoms with Crippen LogP contribution in [0, 0.1) is 12.7 Å². The van der Waals surface area contributed by atoms with E-state index in [4.69, 9.17) is 9.84 Å². The van der Waals surface area contributed by atoms with E-state index in [0.29, 0.717) is 11.5 Å². The number of aryl methyl sites for hydroxylation is 1. The molecular formula is C13H9FN4O3. The van der Waals surface area contributed by atoms with Crippen LogP contribution < -0.4 is 4.74 Å². The fourth-order valence-electron chi connectivity index (χ4n) is 1.85. The molecule has 0 aliphatic rings. The fourth-order valence-corrected chi connectivity index (χ4v) is 1.85. The highest BCUT2D eigenvalue weighted by Gasteiger charge is 2.16. The maximum atomic E-state index is 13.1. The van der Waals surface area contributed by atoms with Crippen LogP contribution in [-0.4, -0.2) is 30.7 Å². The normalized spacial score (nSPS) is 10.8. The van der Waals surface area contributed by atoms with E-state index >= 15 is 0 Å². The molecule has 0 spiro atoms. The van der Waals surface area contributed by atoms with Crippen molar-refractivity contribution < 1.29 is 19.0 Å². The number of ether oxygens (including phenoxy) is 1. The number of fused-ring (bicyclic) bond motifs is 1. The highest BCUT2D eigenvalue weighted by molar-refractivity contribution is 5.91. The number of aromatic nitrogens is 4. The Bertz CT molecular complexity index is 847.